The zero-order valence-corrected chi connectivity index (χ0v) is 10.9. The minimum atomic E-state index is 0.107. The first-order chi connectivity index (χ1) is 8.74. The van der Waals surface area contributed by atoms with Crippen molar-refractivity contribution in [2.75, 3.05) is 11.9 Å². The van der Waals surface area contributed by atoms with E-state index in [1.165, 1.54) is 5.56 Å². The maximum absolute atomic E-state index is 5.89. The number of hydrogen-bond acceptors (Lipinski definition) is 3. The van der Waals surface area contributed by atoms with Gasteiger partial charge in [0.25, 0.3) is 0 Å². The molecule has 1 aromatic carbocycles. The predicted octanol–water partition coefficient (Wildman–Crippen LogP) is 2.09. The Hall–Kier alpha value is -1.81. The van der Waals surface area contributed by atoms with Crippen LogP contribution in [0.25, 0.3) is 0 Å². The lowest BCUT2D eigenvalue weighted by molar-refractivity contribution is 0.746. The van der Waals surface area contributed by atoms with Crippen LogP contribution in [-0.4, -0.2) is 16.3 Å². The lowest BCUT2D eigenvalue weighted by Crippen LogP contribution is -2.21. The molecule has 0 bridgehead atoms. The molecule has 0 aliphatic carbocycles. The van der Waals surface area contributed by atoms with Gasteiger partial charge < -0.3 is 11.1 Å². The lowest BCUT2D eigenvalue weighted by atomic mass is 10.1. The molecule has 1 aromatic heterocycles. The van der Waals surface area contributed by atoms with Crippen molar-refractivity contribution in [3.05, 3.63) is 47.8 Å². The van der Waals surface area contributed by atoms with Crippen LogP contribution in [0.2, 0.25) is 0 Å². The Kier molecular flexibility index (Phi) is 3.99. The van der Waals surface area contributed by atoms with Gasteiger partial charge in [-0.05, 0) is 18.6 Å². The van der Waals surface area contributed by atoms with Crippen LogP contribution in [0, 0.1) is 0 Å². The van der Waals surface area contributed by atoms with Gasteiger partial charge in [0.05, 0.1) is 11.7 Å². The molecule has 2 rings (SSSR count). The fourth-order valence-corrected chi connectivity index (χ4v) is 2.12. The van der Waals surface area contributed by atoms with Gasteiger partial charge >= 0.3 is 0 Å². The first-order valence-electron chi connectivity index (χ1n) is 6.28. The molecule has 1 unspecified atom stereocenters. The number of hydrogen-bond donors (Lipinski definition) is 2. The van der Waals surface area contributed by atoms with Crippen LogP contribution >= 0.6 is 0 Å². The summed E-state index contributed by atoms with van der Waals surface area (Å²) in [4.78, 5) is 0. The van der Waals surface area contributed by atoms with Crippen molar-refractivity contribution in [1.82, 2.24) is 9.78 Å². The number of rotatable bonds is 5. The molecule has 1 atom stereocenters. The van der Waals surface area contributed by atoms with E-state index in [2.05, 4.69) is 17.3 Å². The van der Waals surface area contributed by atoms with Gasteiger partial charge in [0.1, 0.15) is 0 Å². The smallest absolute Gasteiger partial charge is 0.0674 e. The number of anilines is 1. The highest BCUT2D eigenvalue weighted by Crippen LogP contribution is 2.21. The summed E-state index contributed by atoms with van der Waals surface area (Å²) in [7, 11) is 1.94. The monoisotopic (exact) mass is 244 g/mol. The summed E-state index contributed by atoms with van der Waals surface area (Å²) in [5.74, 6) is 0. The van der Waals surface area contributed by atoms with Crippen molar-refractivity contribution in [3.63, 3.8) is 0 Å². The molecule has 3 N–H and O–H groups in total. The van der Waals surface area contributed by atoms with Crippen LogP contribution in [0.5, 0.6) is 0 Å². The van der Waals surface area contributed by atoms with Gasteiger partial charge in [-0.2, -0.15) is 5.10 Å². The Morgan fingerprint density at radius 1 is 1.33 bits per heavy atom. The van der Waals surface area contributed by atoms with Gasteiger partial charge in [-0.1, -0.05) is 25.1 Å². The largest absolute Gasteiger partial charge is 0.377 e. The SMILES string of the molecule is CCc1nn(C)cc1C(CN)Nc1ccccc1. The molecule has 96 valence electrons. The molecular weight excluding hydrogens is 224 g/mol. The van der Waals surface area contributed by atoms with Gasteiger partial charge in [-0.3, -0.25) is 4.68 Å². The number of benzene rings is 1. The molecule has 0 saturated carbocycles. The highest BCUT2D eigenvalue weighted by atomic mass is 15.3. The molecule has 0 saturated heterocycles. The van der Waals surface area contributed by atoms with Crippen LogP contribution in [0.3, 0.4) is 0 Å². The van der Waals surface area contributed by atoms with Crippen LogP contribution < -0.4 is 11.1 Å². The standard InChI is InChI=1S/C14H20N4/c1-3-13-12(10-18(2)17-13)14(9-15)16-11-7-5-4-6-8-11/h4-8,10,14,16H,3,9,15H2,1-2H3. The highest BCUT2D eigenvalue weighted by molar-refractivity contribution is 5.45. The number of nitrogens with one attached hydrogen (secondary N) is 1. The minimum absolute atomic E-state index is 0.107. The Morgan fingerprint density at radius 2 is 2.06 bits per heavy atom. The number of aromatic nitrogens is 2. The van der Waals surface area contributed by atoms with E-state index in [0.717, 1.165) is 17.8 Å². The molecule has 0 radical (unpaired) electrons. The summed E-state index contributed by atoms with van der Waals surface area (Å²) in [5, 5.41) is 7.92. The van der Waals surface area contributed by atoms with Crippen LogP contribution in [-0.2, 0) is 13.5 Å². The zero-order chi connectivity index (χ0) is 13.0. The Morgan fingerprint density at radius 3 is 2.67 bits per heavy atom. The Labute approximate surface area is 108 Å². The van der Waals surface area contributed by atoms with E-state index in [0.29, 0.717) is 6.54 Å². The number of nitrogens with two attached hydrogens (primary N) is 1. The molecular formula is C14H20N4. The third kappa shape index (κ3) is 2.71. The van der Waals surface area contributed by atoms with E-state index in [1.807, 2.05) is 48.3 Å². The van der Waals surface area contributed by atoms with Crippen molar-refractivity contribution in [2.45, 2.75) is 19.4 Å². The number of para-hydroxylation sites is 1. The van der Waals surface area contributed by atoms with Gasteiger partial charge in [-0.25, -0.2) is 0 Å². The van der Waals surface area contributed by atoms with Gasteiger partial charge in [0, 0.05) is 31.0 Å². The third-order valence-electron chi connectivity index (χ3n) is 3.00. The molecule has 0 fully saturated rings. The Bertz CT molecular complexity index is 490. The second-order valence-corrected chi connectivity index (χ2v) is 4.36. The summed E-state index contributed by atoms with van der Waals surface area (Å²) >= 11 is 0. The molecule has 4 heteroatoms. The van der Waals surface area contributed by atoms with Crippen molar-refractivity contribution in [3.8, 4) is 0 Å². The van der Waals surface area contributed by atoms with Gasteiger partial charge in [0.2, 0.25) is 0 Å². The third-order valence-corrected chi connectivity index (χ3v) is 3.00. The zero-order valence-electron chi connectivity index (χ0n) is 10.9. The van der Waals surface area contributed by atoms with Crippen molar-refractivity contribution < 1.29 is 0 Å². The van der Waals surface area contributed by atoms with E-state index in [-0.39, 0.29) is 6.04 Å². The molecule has 0 amide bonds. The van der Waals surface area contributed by atoms with Crippen molar-refractivity contribution in [1.29, 1.82) is 0 Å². The fourth-order valence-electron chi connectivity index (χ4n) is 2.12. The molecule has 0 aliphatic rings. The predicted molar refractivity (Wildman–Crippen MR) is 74.4 cm³/mol. The molecule has 18 heavy (non-hydrogen) atoms. The van der Waals surface area contributed by atoms with Gasteiger partial charge in [0.15, 0.2) is 0 Å². The quantitative estimate of drug-likeness (QED) is 0.846. The van der Waals surface area contributed by atoms with Gasteiger partial charge in [-0.15, -0.1) is 0 Å². The summed E-state index contributed by atoms with van der Waals surface area (Å²) in [5.41, 5.74) is 9.26. The van der Waals surface area contributed by atoms with E-state index < -0.39 is 0 Å². The summed E-state index contributed by atoms with van der Waals surface area (Å²) in [6.45, 7) is 2.66. The van der Waals surface area contributed by atoms with E-state index in [9.17, 15) is 0 Å². The summed E-state index contributed by atoms with van der Waals surface area (Å²) in [6.07, 6.45) is 2.97. The Balaban J connectivity index is 2.22. The second kappa shape index (κ2) is 5.69. The average Bonchev–Trinajstić information content (AvgIpc) is 2.78. The molecule has 0 aliphatic heterocycles. The van der Waals surface area contributed by atoms with E-state index in [4.69, 9.17) is 5.73 Å². The maximum Gasteiger partial charge on any atom is 0.0674 e. The van der Waals surface area contributed by atoms with Crippen molar-refractivity contribution in [2.24, 2.45) is 12.8 Å². The van der Waals surface area contributed by atoms with Crippen molar-refractivity contribution >= 4 is 5.69 Å². The fraction of sp³-hybridized carbons (Fsp3) is 0.357. The first kappa shape index (κ1) is 12.6. The van der Waals surface area contributed by atoms with E-state index in [1.54, 1.807) is 0 Å². The molecule has 4 nitrogen and oxygen atoms in total. The first-order valence-corrected chi connectivity index (χ1v) is 6.28. The van der Waals surface area contributed by atoms with Crippen LogP contribution in [0.4, 0.5) is 5.69 Å². The molecule has 2 aromatic rings. The topological polar surface area (TPSA) is 55.9 Å². The highest BCUT2D eigenvalue weighted by Gasteiger charge is 2.16. The van der Waals surface area contributed by atoms with Crippen LogP contribution in [0.1, 0.15) is 24.2 Å². The summed E-state index contributed by atoms with van der Waals surface area (Å²) in [6, 6.07) is 10.2. The average molecular weight is 244 g/mol. The lowest BCUT2D eigenvalue weighted by Gasteiger charge is -2.18. The number of aryl methyl sites for hydroxylation is 2. The van der Waals surface area contributed by atoms with E-state index >= 15 is 0 Å². The normalized spacial score (nSPS) is 12.4. The number of nitrogens with zero attached hydrogens (tertiary/aromatic N) is 2. The maximum atomic E-state index is 5.89. The minimum Gasteiger partial charge on any atom is -0.377 e. The summed E-state index contributed by atoms with van der Waals surface area (Å²) < 4.78 is 1.85. The molecule has 1 heterocycles. The second-order valence-electron chi connectivity index (χ2n) is 4.36. The van der Waals surface area contributed by atoms with Crippen LogP contribution in [0.15, 0.2) is 36.5 Å². The molecule has 0 spiro atoms.